The molecule has 1 fully saturated rings. The smallest absolute Gasteiger partial charge is 0.124 e. The summed E-state index contributed by atoms with van der Waals surface area (Å²) in [6.45, 7) is 1.40. The number of ether oxygens (including phenoxy) is 1. The fourth-order valence-corrected chi connectivity index (χ4v) is 2.75. The molecule has 0 bridgehead atoms. The van der Waals surface area contributed by atoms with Crippen LogP contribution in [0, 0.1) is 11.7 Å². The van der Waals surface area contributed by atoms with Gasteiger partial charge in [0.25, 0.3) is 0 Å². The third kappa shape index (κ3) is 3.19. The highest BCUT2D eigenvalue weighted by Crippen LogP contribution is 2.25. The molecule has 0 spiro atoms. The lowest BCUT2D eigenvalue weighted by atomic mass is 9.94. The second-order valence-corrected chi connectivity index (χ2v) is 5.60. The van der Waals surface area contributed by atoms with E-state index in [1.165, 1.54) is 6.07 Å². The number of hydrogen-bond acceptors (Lipinski definition) is 1. The molecule has 1 nitrogen and oxygen atoms in total. The molecular weight excluding hydrogens is 294 g/mol. The van der Waals surface area contributed by atoms with E-state index in [-0.39, 0.29) is 17.1 Å². The topological polar surface area (TPSA) is 9.23 Å². The number of benzene rings is 1. The van der Waals surface area contributed by atoms with Crippen LogP contribution < -0.4 is 0 Å². The minimum atomic E-state index is -0.216. The van der Waals surface area contributed by atoms with Crippen LogP contribution in [0.1, 0.15) is 12.0 Å². The van der Waals surface area contributed by atoms with Crippen molar-refractivity contribution >= 4 is 27.5 Å². The Hall–Kier alpha value is -0.120. The molecule has 2 atom stereocenters. The molecule has 0 aromatic heterocycles. The molecule has 4 heteroatoms. The number of rotatable bonds is 2. The van der Waals surface area contributed by atoms with Crippen LogP contribution in [0.4, 0.5) is 4.39 Å². The molecule has 0 aliphatic carbocycles. The molecule has 1 saturated heterocycles. The van der Waals surface area contributed by atoms with Crippen molar-refractivity contribution in [2.45, 2.75) is 18.2 Å². The number of hydrogen-bond donors (Lipinski definition) is 0. The zero-order chi connectivity index (χ0) is 11.5. The predicted molar refractivity (Wildman–Crippen MR) is 66.4 cm³/mol. The lowest BCUT2D eigenvalue weighted by Crippen LogP contribution is -2.29. The van der Waals surface area contributed by atoms with Crippen molar-refractivity contribution < 1.29 is 9.13 Å². The van der Waals surface area contributed by atoms with Crippen LogP contribution in [0.15, 0.2) is 22.7 Å². The molecule has 0 amide bonds. The summed E-state index contributed by atoms with van der Waals surface area (Å²) in [4.78, 5) is 0. The van der Waals surface area contributed by atoms with Crippen LogP contribution in [-0.2, 0) is 11.2 Å². The first kappa shape index (κ1) is 12.3. The van der Waals surface area contributed by atoms with E-state index in [1.807, 2.05) is 6.07 Å². The van der Waals surface area contributed by atoms with Gasteiger partial charge >= 0.3 is 0 Å². The maximum absolute atomic E-state index is 13.2. The van der Waals surface area contributed by atoms with Crippen molar-refractivity contribution in [2.24, 2.45) is 5.92 Å². The summed E-state index contributed by atoms with van der Waals surface area (Å²) in [5.41, 5.74) is 0.966. The van der Waals surface area contributed by atoms with E-state index >= 15 is 0 Å². The van der Waals surface area contributed by atoms with E-state index in [0.29, 0.717) is 6.61 Å². The van der Waals surface area contributed by atoms with Gasteiger partial charge in [-0.25, -0.2) is 4.39 Å². The van der Waals surface area contributed by atoms with Crippen molar-refractivity contribution in [2.75, 3.05) is 13.2 Å². The first-order chi connectivity index (χ1) is 7.65. The molecule has 0 N–H and O–H groups in total. The van der Waals surface area contributed by atoms with Gasteiger partial charge in [0.2, 0.25) is 0 Å². The van der Waals surface area contributed by atoms with E-state index in [9.17, 15) is 4.39 Å². The van der Waals surface area contributed by atoms with Gasteiger partial charge in [0.1, 0.15) is 5.82 Å². The minimum absolute atomic E-state index is 0.135. The molecule has 0 radical (unpaired) electrons. The van der Waals surface area contributed by atoms with E-state index in [0.717, 1.165) is 29.5 Å². The Morgan fingerprint density at radius 1 is 1.44 bits per heavy atom. The van der Waals surface area contributed by atoms with E-state index < -0.39 is 0 Å². The lowest BCUT2D eigenvalue weighted by Gasteiger charge is -2.27. The van der Waals surface area contributed by atoms with Crippen LogP contribution in [0.25, 0.3) is 0 Å². The molecule has 88 valence electrons. The van der Waals surface area contributed by atoms with E-state index in [4.69, 9.17) is 16.3 Å². The monoisotopic (exact) mass is 306 g/mol. The number of halogens is 3. The van der Waals surface area contributed by atoms with Crippen LogP contribution in [0.5, 0.6) is 0 Å². The lowest BCUT2D eigenvalue weighted by molar-refractivity contribution is 0.0577. The van der Waals surface area contributed by atoms with Crippen LogP contribution in [0.3, 0.4) is 0 Å². The summed E-state index contributed by atoms with van der Waals surface area (Å²) >= 11 is 9.52. The first-order valence-corrected chi connectivity index (χ1v) is 6.55. The molecule has 1 heterocycles. The van der Waals surface area contributed by atoms with Crippen LogP contribution in [0.2, 0.25) is 0 Å². The quantitative estimate of drug-likeness (QED) is 0.756. The van der Waals surface area contributed by atoms with Gasteiger partial charge in [-0.05, 0) is 36.6 Å². The average molecular weight is 308 g/mol. The minimum Gasteiger partial charge on any atom is -0.381 e. The highest BCUT2D eigenvalue weighted by Gasteiger charge is 2.24. The fourth-order valence-electron chi connectivity index (χ4n) is 1.99. The van der Waals surface area contributed by atoms with Gasteiger partial charge in [0.15, 0.2) is 0 Å². The molecule has 2 unspecified atom stereocenters. The molecule has 1 aromatic carbocycles. The molecule has 1 aliphatic heterocycles. The summed E-state index contributed by atoms with van der Waals surface area (Å²) in [6.07, 6.45) is 1.65. The zero-order valence-corrected chi connectivity index (χ0v) is 11.1. The Labute approximate surface area is 108 Å². The summed E-state index contributed by atoms with van der Waals surface area (Å²) in [5, 5.41) is 0.135. The zero-order valence-electron chi connectivity index (χ0n) is 8.76. The molecular formula is C12H13BrClFO. The Kier molecular flexibility index (Phi) is 4.22. The first-order valence-electron chi connectivity index (χ1n) is 5.32. The van der Waals surface area contributed by atoms with Gasteiger partial charge in [-0.1, -0.05) is 15.9 Å². The second kappa shape index (κ2) is 5.48. The van der Waals surface area contributed by atoms with Gasteiger partial charge in [-0.3, -0.25) is 0 Å². The van der Waals surface area contributed by atoms with Crippen molar-refractivity contribution in [1.29, 1.82) is 0 Å². The molecule has 1 aromatic rings. The highest BCUT2D eigenvalue weighted by molar-refractivity contribution is 9.10. The van der Waals surface area contributed by atoms with Crippen molar-refractivity contribution in [3.63, 3.8) is 0 Å². The standard InChI is InChI=1S/C12H13BrClFO/c13-10-4-8(5-11(15)6-10)3-9-7-16-2-1-12(9)14/h4-6,9,12H,1-3,7H2. The summed E-state index contributed by atoms with van der Waals surface area (Å²) in [7, 11) is 0. The Morgan fingerprint density at radius 2 is 2.25 bits per heavy atom. The Morgan fingerprint density at radius 3 is 2.94 bits per heavy atom. The largest absolute Gasteiger partial charge is 0.381 e. The Balaban J connectivity index is 2.07. The van der Waals surface area contributed by atoms with Gasteiger partial charge in [0.05, 0.1) is 6.61 Å². The molecule has 16 heavy (non-hydrogen) atoms. The average Bonchev–Trinajstić information content (AvgIpc) is 2.20. The summed E-state index contributed by atoms with van der Waals surface area (Å²) in [5.74, 6) is 0.0661. The van der Waals surface area contributed by atoms with Gasteiger partial charge in [-0.2, -0.15) is 0 Å². The van der Waals surface area contributed by atoms with E-state index in [2.05, 4.69) is 15.9 Å². The fraction of sp³-hybridized carbons (Fsp3) is 0.500. The van der Waals surface area contributed by atoms with Crippen LogP contribution >= 0.6 is 27.5 Å². The van der Waals surface area contributed by atoms with Gasteiger partial charge in [-0.15, -0.1) is 11.6 Å². The SMILES string of the molecule is Fc1cc(Br)cc(CC2COCCC2Cl)c1. The molecule has 2 rings (SSSR count). The van der Waals surface area contributed by atoms with E-state index in [1.54, 1.807) is 6.07 Å². The van der Waals surface area contributed by atoms with Crippen molar-refractivity contribution in [1.82, 2.24) is 0 Å². The third-order valence-electron chi connectivity index (χ3n) is 2.80. The maximum Gasteiger partial charge on any atom is 0.124 e. The number of alkyl halides is 1. The normalized spacial score (nSPS) is 25.7. The highest BCUT2D eigenvalue weighted by atomic mass is 79.9. The van der Waals surface area contributed by atoms with Gasteiger partial charge in [0, 0.05) is 22.4 Å². The van der Waals surface area contributed by atoms with Gasteiger partial charge < -0.3 is 4.74 Å². The van der Waals surface area contributed by atoms with Crippen molar-refractivity contribution in [3.8, 4) is 0 Å². The predicted octanol–water partition coefficient (Wildman–Crippen LogP) is 3.77. The van der Waals surface area contributed by atoms with Crippen LogP contribution in [-0.4, -0.2) is 18.6 Å². The molecule has 0 saturated carbocycles. The summed E-state index contributed by atoms with van der Waals surface area (Å²) < 4.78 is 19.3. The second-order valence-electron chi connectivity index (χ2n) is 4.12. The third-order valence-corrected chi connectivity index (χ3v) is 3.83. The van der Waals surface area contributed by atoms with Crippen molar-refractivity contribution in [3.05, 3.63) is 34.1 Å². The summed E-state index contributed by atoms with van der Waals surface area (Å²) in [6, 6.07) is 4.95. The maximum atomic E-state index is 13.2. The Bertz CT molecular complexity index is 352. The molecule has 1 aliphatic rings.